The van der Waals surface area contributed by atoms with Crippen molar-refractivity contribution in [3.8, 4) is 5.75 Å². The van der Waals surface area contributed by atoms with E-state index in [2.05, 4.69) is 29.5 Å². The molecular formula is C17H29N3O2. The van der Waals surface area contributed by atoms with Crippen LogP contribution in [0.2, 0.25) is 0 Å². The van der Waals surface area contributed by atoms with Gasteiger partial charge >= 0.3 is 0 Å². The highest BCUT2D eigenvalue weighted by atomic mass is 16.5. The number of guanidine groups is 1. The van der Waals surface area contributed by atoms with Gasteiger partial charge in [0.15, 0.2) is 5.96 Å². The fraction of sp³-hybridized carbons (Fsp3) is 0.588. The molecule has 124 valence electrons. The predicted octanol–water partition coefficient (Wildman–Crippen LogP) is 2.44. The van der Waals surface area contributed by atoms with Crippen molar-refractivity contribution >= 4 is 5.96 Å². The third kappa shape index (κ3) is 9.23. The number of ether oxygens (including phenoxy) is 2. The zero-order valence-corrected chi connectivity index (χ0v) is 13.8. The van der Waals surface area contributed by atoms with Gasteiger partial charge in [0.05, 0.1) is 19.7 Å². The van der Waals surface area contributed by atoms with Crippen LogP contribution in [0.5, 0.6) is 5.75 Å². The number of nitrogens with zero attached hydrogens (tertiary/aromatic N) is 1. The van der Waals surface area contributed by atoms with Gasteiger partial charge in [0, 0.05) is 13.2 Å². The van der Waals surface area contributed by atoms with Gasteiger partial charge in [-0.1, -0.05) is 31.5 Å². The molecule has 0 radical (unpaired) electrons. The number of hydrogen-bond acceptors (Lipinski definition) is 3. The van der Waals surface area contributed by atoms with E-state index in [1.165, 1.54) is 0 Å². The summed E-state index contributed by atoms with van der Waals surface area (Å²) in [4.78, 5) is 4.47. The molecular weight excluding hydrogens is 278 g/mol. The summed E-state index contributed by atoms with van der Waals surface area (Å²) in [6, 6.07) is 9.81. The van der Waals surface area contributed by atoms with Crippen molar-refractivity contribution in [3.05, 3.63) is 30.3 Å². The minimum atomic E-state index is 0.599. The molecule has 0 aliphatic heterocycles. The number of para-hydroxylation sites is 1. The van der Waals surface area contributed by atoms with Crippen LogP contribution in [0.1, 0.15) is 26.7 Å². The lowest BCUT2D eigenvalue weighted by molar-refractivity contribution is 0.139. The molecule has 0 bridgehead atoms. The fourth-order valence-electron chi connectivity index (χ4n) is 1.77. The Kier molecular flexibility index (Phi) is 10.8. The van der Waals surface area contributed by atoms with Crippen LogP contribution >= 0.6 is 0 Å². The van der Waals surface area contributed by atoms with Crippen molar-refractivity contribution in [2.24, 2.45) is 4.99 Å². The summed E-state index contributed by atoms with van der Waals surface area (Å²) in [5.74, 6) is 1.69. The van der Waals surface area contributed by atoms with E-state index < -0.39 is 0 Å². The number of unbranched alkanes of at least 4 members (excludes halogenated alkanes) is 1. The highest BCUT2D eigenvalue weighted by Crippen LogP contribution is 2.07. The maximum Gasteiger partial charge on any atom is 0.191 e. The maximum atomic E-state index is 5.63. The second-order valence-electron chi connectivity index (χ2n) is 4.81. The lowest BCUT2D eigenvalue weighted by Gasteiger charge is -2.12. The first kappa shape index (κ1) is 18.3. The Morgan fingerprint density at radius 2 is 1.86 bits per heavy atom. The van der Waals surface area contributed by atoms with Gasteiger partial charge in [-0.05, 0) is 25.5 Å². The van der Waals surface area contributed by atoms with Crippen LogP contribution in [-0.2, 0) is 4.74 Å². The Morgan fingerprint density at radius 3 is 2.59 bits per heavy atom. The highest BCUT2D eigenvalue weighted by molar-refractivity contribution is 5.79. The largest absolute Gasteiger partial charge is 0.492 e. The average molecular weight is 307 g/mol. The highest BCUT2D eigenvalue weighted by Gasteiger charge is 1.97. The molecule has 5 heteroatoms. The molecule has 0 atom stereocenters. The molecule has 0 saturated carbocycles. The topological polar surface area (TPSA) is 54.9 Å². The summed E-state index contributed by atoms with van der Waals surface area (Å²) >= 11 is 0. The second kappa shape index (κ2) is 13.0. The zero-order chi connectivity index (χ0) is 15.9. The molecule has 0 unspecified atom stereocenters. The van der Waals surface area contributed by atoms with E-state index in [0.29, 0.717) is 26.3 Å². The number of benzene rings is 1. The second-order valence-corrected chi connectivity index (χ2v) is 4.81. The summed E-state index contributed by atoms with van der Waals surface area (Å²) in [5, 5.41) is 6.46. The summed E-state index contributed by atoms with van der Waals surface area (Å²) in [6.45, 7) is 8.50. The average Bonchev–Trinajstić information content (AvgIpc) is 2.55. The maximum absolute atomic E-state index is 5.63. The van der Waals surface area contributed by atoms with Crippen LogP contribution in [0.3, 0.4) is 0 Å². The molecule has 0 fully saturated rings. The molecule has 0 spiro atoms. The van der Waals surface area contributed by atoms with Gasteiger partial charge in [0.25, 0.3) is 0 Å². The monoisotopic (exact) mass is 307 g/mol. The van der Waals surface area contributed by atoms with Crippen LogP contribution in [-0.4, -0.2) is 45.4 Å². The Bertz CT molecular complexity index is 396. The summed E-state index contributed by atoms with van der Waals surface area (Å²) in [6.07, 6.45) is 2.27. The number of nitrogens with one attached hydrogen (secondary N) is 2. The minimum Gasteiger partial charge on any atom is -0.492 e. The molecule has 0 aromatic heterocycles. The normalized spacial score (nSPS) is 11.3. The van der Waals surface area contributed by atoms with Crippen molar-refractivity contribution < 1.29 is 9.47 Å². The van der Waals surface area contributed by atoms with Crippen LogP contribution in [0.25, 0.3) is 0 Å². The Balaban J connectivity index is 2.16. The lowest BCUT2D eigenvalue weighted by Crippen LogP contribution is -2.39. The molecule has 0 aliphatic rings. The van der Waals surface area contributed by atoms with Gasteiger partial charge in [-0.15, -0.1) is 0 Å². The van der Waals surface area contributed by atoms with E-state index in [1.54, 1.807) is 0 Å². The molecule has 0 saturated heterocycles. The molecule has 1 aromatic rings. The fourth-order valence-corrected chi connectivity index (χ4v) is 1.77. The molecule has 0 amide bonds. The summed E-state index contributed by atoms with van der Waals surface area (Å²) in [5.41, 5.74) is 0. The van der Waals surface area contributed by atoms with E-state index >= 15 is 0 Å². The van der Waals surface area contributed by atoms with Crippen molar-refractivity contribution in [1.29, 1.82) is 0 Å². The zero-order valence-electron chi connectivity index (χ0n) is 13.8. The van der Waals surface area contributed by atoms with Crippen LogP contribution in [0.15, 0.2) is 35.3 Å². The number of hydrogen-bond donors (Lipinski definition) is 2. The standard InChI is InChI=1S/C17H29N3O2/c1-3-5-13-21-14-11-19-17(18-4-2)20-12-15-22-16-9-7-6-8-10-16/h6-10H,3-5,11-15H2,1-2H3,(H2,18,19,20). The first-order chi connectivity index (χ1) is 10.9. The summed E-state index contributed by atoms with van der Waals surface area (Å²) in [7, 11) is 0. The van der Waals surface area contributed by atoms with E-state index in [-0.39, 0.29) is 0 Å². The molecule has 22 heavy (non-hydrogen) atoms. The van der Waals surface area contributed by atoms with Crippen molar-refractivity contribution in [1.82, 2.24) is 10.6 Å². The Hall–Kier alpha value is -1.75. The molecule has 2 N–H and O–H groups in total. The first-order valence-electron chi connectivity index (χ1n) is 8.14. The van der Waals surface area contributed by atoms with Gasteiger partial charge in [-0.3, -0.25) is 4.99 Å². The van der Waals surface area contributed by atoms with Gasteiger partial charge in [-0.25, -0.2) is 0 Å². The van der Waals surface area contributed by atoms with E-state index in [0.717, 1.165) is 37.7 Å². The molecule has 0 aliphatic carbocycles. The first-order valence-corrected chi connectivity index (χ1v) is 8.14. The number of rotatable bonds is 11. The van der Waals surface area contributed by atoms with Crippen LogP contribution in [0, 0.1) is 0 Å². The molecule has 1 aromatic carbocycles. The molecule has 1 rings (SSSR count). The van der Waals surface area contributed by atoms with Crippen LogP contribution < -0.4 is 15.4 Å². The Morgan fingerprint density at radius 1 is 1.05 bits per heavy atom. The van der Waals surface area contributed by atoms with E-state index in [1.807, 2.05) is 30.3 Å². The van der Waals surface area contributed by atoms with Gasteiger partial charge < -0.3 is 20.1 Å². The Labute approximate surface area is 134 Å². The van der Waals surface area contributed by atoms with Gasteiger partial charge in [0.1, 0.15) is 12.4 Å². The SMILES string of the molecule is CCCCOCCN=C(NCC)NCCOc1ccccc1. The minimum absolute atomic E-state index is 0.599. The van der Waals surface area contributed by atoms with E-state index in [9.17, 15) is 0 Å². The third-order valence-corrected chi connectivity index (χ3v) is 2.90. The number of aliphatic imine (C=N–C) groups is 1. The smallest absolute Gasteiger partial charge is 0.191 e. The van der Waals surface area contributed by atoms with Crippen molar-refractivity contribution in [2.45, 2.75) is 26.7 Å². The lowest BCUT2D eigenvalue weighted by atomic mass is 10.3. The third-order valence-electron chi connectivity index (χ3n) is 2.90. The summed E-state index contributed by atoms with van der Waals surface area (Å²) < 4.78 is 11.1. The molecule has 5 nitrogen and oxygen atoms in total. The molecule has 0 heterocycles. The van der Waals surface area contributed by atoms with Gasteiger partial charge in [-0.2, -0.15) is 0 Å². The van der Waals surface area contributed by atoms with E-state index in [4.69, 9.17) is 9.47 Å². The predicted molar refractivity (Wildman–Crippen MR) is 91.6 cm³/mol. The van der Waals surface area contributed by atoms with Crippen molar-refractivity contribution in [3.63, 3.8) is 0 Å². The van der Waals surface area contributed by atoms with Crippen molar-refractivity contribution in [2.75, 3.05) is 39.5 Å². The quantitative estimate of drug-likeness (QED) is 0.374. The van der Waals surface area contributed by atoms with Gasteiger partial charge in [0.2, 0.25) is 0 Å². The van der Waals surface area contributed by atoms with Crippen LogP contribution in [0.4, 0.5) is 0 Å².